The fourth-order valence-corrected chi connectivity index (χ4v) is 4.09. The zero-order valence-corrected chi connectivity index (χ0v) is 29.9. The molecule has 3 rings (SSSR count). The van der Waals surface area contributed by atoms with Crippen molar-refractivity contribution in [2.75, 3.05) is 0 Å². The second kappa shape index (κ2) is 33.7. The van der Waals surface area contributed by atoms with Crippen molar-refractivity contribution in [1.82, 2.24) is 0 Å². The zero-order chi connectivity index (χ0) is 26.0. The molecule has 0 unspecified atom stereocenters. The van der Waals surface area contributed by atoms with E-state index in [0.29, 0.717) is 18.1 Å². The minimum Gasteiger partial charge on any atom is -0.693 e. The summed E-state index contributed by atoms with van der Waals surface area (Å²) in [5, 5.41) is 38.9. The number of hydrogen-bond acceptors (Lipinski definition) is 10. The molecule has 0 radical (unpaired) electrons. The first-order valence-electron chi connectivity index (χ1n) is 12.6. The zero-order valence-electron chi connectivity index (χ0n) is 23.1. The van der Waals surface area contributed by atoms with Crippen LogP contribution in [0.4, 0.5) is 0 Å². The first kappa shape index (κ1) is 56.0. The Labute approximate surface area is 282 Å². The Balaban J connectivity index is -0.0000000713. The Kier molecular flexibility index (Phi) is 47.2. The van der Waals surface area contributed by atoms with E-state index in [-0.39, 0.29) is 81.6 Å². The fraction of sp³-hybridized carbons (Fsp3) is 0.875. The molecule has 0 aromatic rings. The third-order valence-corrected chi connectivity index (χ3v) is 6.20. The van der Waals surface area contributed by atoms with Crippen molar-refractivity contribution in [3.05, 3.63) is 18.5 Å². The molecule has 248 valence electrons. The van der Waals surface area contributed by atoms with Crippen LogP contribution in [0.2, 0.25) is 0 Å². The van der Waals surface area contributed by atoms with E-state index >= 15 is 0 Å². The molecule has 3 saturated carbocycles. The van der Waals surface area contributed by atoms with Crippen LogP contribution in [-0.2, 0) is 77.6 Å². The quantitative estimate of drug-likeness (QED) is 0.299. The number of aliphatic carboxylic acids is 3. The Morgan fingerprint density at radius 2 is 0.750 bits per heavy atom. The van der Waals surface area contributed by atoms with Gasteiger partial charge in [-0.2, -0.15) is 0 Å². The predicted molar refractivity (Wildman–Crippen MR) is 138 cm³/mol. The van der Waals surface area contributed by atoms with Gasteiger partial charge in [-0.15, -0.1) is 0 Å². The maximum Gasteiger partial charge on any atom is 2.00 e. The summed E-state index contributed by atoms with van der Waals surface area (Å²) in [4.78, 5) is 30.0. The number of carbonyl (C=O) groups is 3. The maximum atomic E-state index is 10.1. The average molecular weight is 1120 g/mol. The van der Waals surface area contributed by atoms with Gasteiger partial charge in [0, 0.05) is 42.9 Å². The minimum absolute atomic E-state index is 0. The van der Waals surface area contributed by atoms with E-state index in [2.05, 4.69) is 0 Å². The van der Waals surface area contributed by atoms with Crippen LogP contribution in [0.3, 0.4) is 0 Å². The summed E-state index contributed by atoms with van der Waals surface area (Å²) < 4.78 is 0. The summed E-state index contributed by atoms with van der Waals surface area (Å²) in [5.74, 6) is -5.98. The molecule has 40 heavy (non-hydrogen) atoms. The van der Waals surface area contributed by atoms with Gasteiger partial charge in [0.05, 0.1) is 5.97 Å². The Morgan fingerprint density at radius 1 is 0.550 bits per heavy atom. The molecular formula is C24H50N6O7Pt3. The molecule has 3 aliphatic rings. The number of aliphatic hydroxyl groups is 1. The standard InChI is InChI=1S/3C6H13N.C6H8O7.3H2N.3Pt/c3*7-6-4-2-1-3-5-6;7-3(8)1-6(13,5(11)12)2-4(9)10;;;;;;/h3*6H,1-5,7H2;13H,1-2H2,(H,7,8)(H,9,10)(H,11,12);3*1H2;;;/q;;;;3*-1;3*+2/p-3. The topological polar surface area (TPSA) is 319 Å². The van der Waals surface area contributed by atoms with Gasteiger partial charge < -0.3 is 70.5 Å². The number of hydrogen-bond donors (Lipinski definition) is 4. The molecule has 13 N–H and O–H groups in total. The molecule has 0 saturated heterocycles. The monoisotopic (exact) mass is 1120 g/mol. The first-order valence-corrected chi connectivity index (χ1v) is 12.6. The van der Waals surface area contributed by atoms with Gasteiger partial charge in [-0.1, -0.05) is 57.8 Å². The number of carbonyl (C=O) groups excluding carboxylic acids is 3. The molecule has 3 fully saturated rings. The van der Waals surface area contributed by atoms with Gasteiger partial charge in [-0.3, -0.25) is 0 Å². The molecule has 13 nitrogen and oxygen atoms in total. The van der Waals surface area contributed by atoms with Crippen LogP contribution in [0.5, 0.6) is 0 Å². The summed E-state index contributed by atoms with van der Waals surface area (Å²) in [6.45, 7) is 0. The van der Waals surface area contributed by atoms with Crippen LogP contribution < -0.4 is 32.5 Å². The van der Waals surface area contributed by atoms with Crippen molar-refractivity contribution in [2.45, 2.75) is 133 Å². The molecule has 0 atom stereocenters. The minimum atomic E-state index is -2.97. The molecule has 0 amide bonds. The fourth-order valence-electron chi connectivity index (χ4n) is 4.09. The number of nitrogens with two attached hydrogens (primary N) is 6. The van der Waals surface area contributed by atoms with Gasteiger partial charge >= 0.3 is 63.2 Å². The van der Waals surface area contributed by atoms with Gasteiger partial charge in [0.1, 0.15) is 5.60 Å². The van der Waals surface area contributed by atoms with Crippen LogP contribution in [0.15, 0.2) is 0 Å². The van der Waals surface area contributed by atoms with E-state index in [4.69, 9.17) is 22.3 Å². The normalized spacial score (nSPS) is 16.8. The van der Waals surface area contributed by atoms with Crippen LogP contribution in [0.25, 0.3) is 18.5 Å². The second-order valence-electron chi connectivity index (χ2n) is 9.61. The van der Waals surface area contributed by atoms with Gasteiger partial charge in [0.15, 0.2) is 0 Å². The molecule has 16 heteroatoms. The van der Waals surface area contributed by atoms with Gasteiger partial charge in [-0.05, 0) is 38.5 Å². The summed E-state index contributed by atoms with van der Waals surface area (Å²) in [6, 6.07) is 1.61. The largest absolute Gasteiger partial charge is 2.00 e. The predicted octanol–water partition coefficient (Wildman–Crippen LogP) is 0.725. The smallest absolute Gasteiger partial charge is 0.693 e. The maximum absolute atomic E-state index is 10.1. The third kappa shape index (κ3) is 32.7. The number of rotatable bonds is 5. The van der Waals surface area contributed by atoms with Crippen LogP contribution in [-0.4, -0.2) is 46.7 Å². The Hall–Kier alpha value is 0.195. The number of carboxylic acids is 3. The first-order chi connectivity index (χ1) is 16.0. The van der Waals surface area contributed by atoms with Crippen molar-refractivity contribution in [2.24, 2.45) is 17.2 Å². The van der Waals surface area contributed by atoms with E-state index in [9.17, 15) is 29.7 Å². The second-order valence-corrected chi connectivity index (χ2v) is 9.61. The average Bonchev–Trinajstić information content (AvgIpc) is 2.75. The van der Waals surface area contributed by atoms with Crippen LogP contribution >= 0.6 is 0 Å². The molecule has 0 heterocycles. The van der Waals surface area contributed by atoms with Crippen molar-refractivity contribution >= 4 is 17.9 Å². The summed E-state index contributed by atoms with van der Waals surface area (Å²) in [5.41, 5.74) is 13.9. The molecular weight excluding hydrogens is 1070 g/mol. The summed E-state index contributed by atoms with van der Waals surface area (Å²) >= 11 is 0. The molecule has 0 aromatic carbocycles. The van der Waals surface area contributed by atoms with E-state index in [0.717, 1.165) is 0 Å². The van der Waals surface area contributed by atoms with Gasteiger partial charge in [-0.25, -0.2) is 0 Å². The van der Waals surface area contributed by atoms with Crippen molar-refractivity contribution in [3.8, 4) is 0 Å². The van der Waals surface area contributed by atoms with E-state index < -0.39 is 36.4 Å². The van der Waals surface area contributed by atoms with Gasteiger partial charge in [0.25, 0.3) is 0 Å². The van der Waals surface area contributed by atoms with E-state index in [1.165, 1.54) is 96.3 Å². The molecule has 0 aromatic heterocycles. The van der Waals surface area contributed by atoms with Crippen molar-refractivity contribution in [3.63, 3.8) is 0 Å². The Morgan fingerprint density at radius 3 is 0.850 bits per heavy atom. The molecule has 0 bridgehead atoms. The summed E-state index contributed by atoms with van der Waals surface area (Å²) in [7, 11) is 0. The SMILES string of the molecule is NC1CCCCC1.NC1CCCCC1.NC1CCCCC1.O=C([O-])CC(O)(CC(=O)[O-])C(=O)[O-].[NH2-].[NH2-].[NH2-].[Pt+2].[Pt+2].[Pt+2]. The van der Waals surface area contributed by atoms with Crippen molar-refractivity contribution in [1.29, 1.82) is 0 Å². The molecule has 0 spiro atoms. The van der Waals surface area contributed by atoms with E-state index in [1.54, 1.807) is 0 Å². The van der Waals surface area contributed by atoms with E-state index in [1.807, 2.05) is 0 Å². The number of carboxylic acid groups (broad SMARTS) is 3. The molecule has 0 aliphatic heterocycles. The van der Waals surface area contributed by atoms with Crippen LogP contribution in [0, 0.1) is 0 Å². The van der Waals surface area contributed by atoms with Gasteiger partial charge in [0.2, 0.25) is 0 Å². The molecule has 3 aliphatic carbocycles. The summed E-state index contributed by atoms with van der Waals surface area (Å²) in [6.07, 6.45) is 17.3. The van der Waals surface area contributed by atoms with Crippen LogP contribution in [0.1, 0.15) is 109 Å². The van der Waals surface area contributed by atoms with Crippen molar-refractivity contribution < 1.29 is 98.0 Å². The Bertz CT molecular complexity index is 541. The third-order valence-electron chi connectivity index (χ3n) is 6.20.